The number of urea groups is 1. The van der Waals surface area contributed by atoms with Gasteiger partial charge >= 0.3 is 6.03 Å². The summed E-state index contributed by atoms with van der Waals surface area (Å²) >= 11 is 0. The second-order valence-electron chi connectivity index (χ2n) is 8.19. The highest BCUT2D eigenvalue weighted by molar-refractivity contribution is 5.93. The molecule has 0 aliphatic carbocycles. The normalized spacial score (nSPS) is 18.7. The van der Waals surface area contributed by atoms with Crippen molar-refractivity contribution in [1.29, 1.82) is 0 Å². The summed E-state index contributed by atoms with van der Waals surface area (Å²) in [4.78, 5) is 29.2. The van der Waals surface area contributed by atoms with Crippen LogP contribution in [-0.4, -0.2) is 47.9 Å². The first-order chi connectivity index (χ1) is 15.1. The van der Waals surface area contributed by atoms with Gasteiger partial charge in [-0.15, -0.1) is 0 Å². The van der Waals surface area contributed by atoms with Crippen LogP contribution in [0.25, 0.3) is 0 Å². The Kier molecular flexibility index (Phi) is 6.70. The fourth-order valence-electron chi connectivity index (χ4n) is 4.13. The van der Waals surface area contributed by atoms with Gasteiger partial charge in [-0.1, -0.05) is 18.2 Å². The number of anilines is 1. The molecular formula is C24H28FN3O3. The molecule has 2 saturated heterocycles. The van der Waals surface area contributed by atoms with Crippen LogP contribution in [0.4, 0.5) is 14.9 Å². The molecule has 0 radical (unpaired) electrons. The van der Waals surface area contributed by atoms with Gasteiger partial charge in [0.2, 0.25) is 5.91 Å². The first-order valence-corrected chi connectivity index (χ1v) is 10.9. The van der Waals surface area contributed by atoms with E-state index >= 15 is 0 Å². The third-order valence-electron chi connectivity index (χ3n) is 5.86. The van der Waals surface area contributed by atoms with Gasteiger partial charge in [0, 0.05) is 37.9 Å². The summed E-state index contributed by atoms with van der Waals surface area (Å²) in [6.07, 6.45) is 3.72. The first kappa shape index (κ1) is 21.2. The molecule has 1 N–H and O–H groups in total. The minimum atomic E-state index is -0.281. The Morgan fingerprint density at radius 2 is 1.74 bits per heavy atom. The molecule has 31 heavy (non-hydrogen) atoms. The molecule has 2 aliphatic rings. The van der Waals surface area contributed by atoms with Gasteiger partial charge in [0.25, 0.3) is 0 Å². The van der Waals surface area contributed by atoms with Gasteiger partial charge < -0.3 is 19.9 Å². The Morgan fingerprint density at radius 3 is 2.52 bits per heavy atom. The van der Waals surface area contributed by atoms with E-state index in [9.17, 15) is 14.0 Å². The van der Waals surface area contributed by atoms with Crippen molar-refractivity contribution < 1.29 is 18.7 Å². The van der Waals surface area contributed by atoms with Gasteiger partial charge in [-0.2, -0.15) is 0 Å². The lowest BCUT2D eigenvalue weighted by Gasteiger charge is -2.34. The number of benzene rings is 2. The van der Waals surface area contributed by atoms with Gasteiger partial charge in [0.1, 0.15) is 18.2 Å². The first-order valence-electron chi connectivity index (χ1n) is 10.9. The fourth-order valence-corrected chi connectivity index (χ4v) is 4.13. The number of hydrogen-bond donors (Lipinski definition) is 1. The predicted molar refractivity (Wildman–Crippen MR) is 116 cm³/mol. The van der Waals surface area contributed by atoms with E-state index in [4.69, 9.17) is 4.74 Å². The van der Waals surface area contributed by atoms with Crippen LogP contribution in [0, 0.1) is 11.7 Å². The molecule has 164 valence electrons. The lowest BCUT2D eigenvalue weighted by molar-refractivity contribution is -0.121. The van der Waals surface area contributed by atoms with E-state index < -0.39 is 0 Å². The van der Waals surface area contributed by atoms with Crippen LogP contribution in [0.2, 0.25) is 0 Å². The molecule has 2 aromatic carbocycles. The summed E-state index contributed by atoms with van der Waals surface area (Å²) in [5.41, 5.74) is 1.52. The molecule has 4 rings (SSSR count). The lowest BCUT2D eigenvalue weighted by atomic mass is 9.97. The number of rotatable bonds is 5. The van der Waals surface area contributed by atoms with Gasteiger partial charge in [0.15, 0.2) is 0 Å². The molecule has 0 bridgehead atoms. The molecule has 6 nitrogen and oxygen atoms in total. The number of hydrogen-bond acceptors (Lipinski definition) is 3. The molecule has 0 aromatic heterocycles. The highest BCUT2D eigenvalue weighted by atomic mass is 19.1. The van der Waals surface area contributed by atoms with Crippen molar-refractivity contribution in [3.8, 4) is 5.75 Å². The van der Waals surface area contributed by atoms with Crippen LogP contribution in [-0.2, 0) is 11.4 Å². The van der Waals surface area contributed by atoms with E-state index in [-0.39, 0.29) is 23.7 Å². The molecule has 0 saturated carbocycles. The Bertz CT molecular complexity index is 913. The second kappa shape index (κ2) is 9.81. The SMILES string of the molecule is O=C(Nc1cccc(OCc2ccc(F)cc2)c1)C1CCCN(C(=O)N2CCCC2)C1. The van der Waals surface area contributed by atoms with E-state index in [0.717, 1.165) is 44.3 Å². The molecule has 1 atom stereocenters. The molecular weight excluding hydrogens is 397 g/mol. The van der Waals surface area contributed by atoms with Gasteiger partial charge in [-0.05, 0) is 55.5 Å². The second-order valence-corrected chi connectivity index (χ2v) is 8.19. The van der Waals surface area contributed by atoms with Crippen molar-refractivity contribution in [3.63, 3.8) is 0 Å². The van der Waals surface area contributed by atoms with Crippen molar-refractivity contribution in [2.24, 2.45) is 5.92 Å². The number of carbonyl (C=O) groups excluding carboxylic acids is 2. The van der Waals surface area contributed by atoms with Crippen LogP contribution in [0.1, 0.15) is 31.2 Å². The van der Waals surface area contributed by atoms with Crippen LogP contribution >= 0.6 is 0 Å². The Hall–Kier alpha value is -3.09. The monoisotopic (exact) mass is 425 g/mol. The third-order valence-corrected chi connectivity index (χ3v) is 5.86. The predicted octanol–water partition coefficient (Wildman–Crippen LogP) is 4.27. The summed E-state index contributed by atoms with van der Waals surface area (Å²) in [6, 6.07) is 13.4. The molecule has 1 unspecified atom stereocenters. The molecule has 2 aliphatic heterocycles. The number of amides is 3. The summed E-state index contributed by atoms with van der Waals surface area (Å²) in [7, 11) is 0. The minimum absolute atomic E-state index is 0.0613. The van der Waals surface area contributed by atoms with E-state index in [1.807, 2.05) is 28.0 Å². The molecule has 0 spiro atoms. The molecule has 2 heterocycles. The number of piperidine rings is 1. The Morgan fingerprint density at radius 1 is 1.00 bits per heavy atom. The maximum atomic E-state index is 13.0. The van der Waals surface area contributed by atoms with Crippen molar-refractivity contribution >= 4 is 17.6 Å². The average Bonchev–Trinajstić information content (AvgIpc) is 3.33. The maximum absolute atomic E-state index is 13.0. The van der Waals surface area contributed by atoms with Crippen molar-refractivity contribution in [2.75, 3.05) is 31.5 Å². The van der Waals surface area contributed by atoms with Crippen molar-refractivity contribution in [2.45, 2.75) is 32.3 Å². The summed E-state index contributed by atoms with van der Waals surface area (Å²) in [5.74, 6) is 0.0483. The van der Waals surface area contributed by atoms with Crippen LogP contribution < -0.4 is 10.1 Å². The highest BCUT2D eigenvalue weighted by Gasteiger charge is 2.31. The quantitative estimate of drug-likeness (QED) is 0.778. The number of halogens is 1. The van der Waals surface area contributed by atoms with Gasteiger partial charge in [-0.25, -0.2) is 9.18 Å². The summed E-state index contributed by atoms with van der Waals surface area (Å²) in [5, 5.41) is 2.97. The van der Waals surface area contributed by atoms with E-state index in [0.29, 0.717) is 31.1 Å². The maximum Gasteiger partial charge on any atom is 0.320 e. The highest BCUT2D eigenvalue weighted by Crippen LogP contribution is 2.23. The van der Waals surface area contributed by atoms with Crippen molar-refractivity contribution in [1.82, 2.24) is 9.80 Å². The fraction of sp³-hybridized carbons (Fsp3) is 0.417. The van der Waals surface area contributed by atoms with Gasteiger partial charge in [0.05, 0.1) is 5.92 Å². The van der Waals surface area contributed by atoms with Crippen LogP contribution in [0.15, 0.2) is 48.5 Å². The molecule has 2 aromatic rings. The van der Waals surface area contributed by atoms with Crippen LogP contribution in [0.5, 0.6) is 5.75 Å². The minimum Gasteiger partial charge on any atom is -0.489 e. The zero-order valence-corrected chi connectivity index (χ0v) is 17.6. The summed E-state index contributed by atoms with van der Waals surface area (Å²) in [6.45, 7) is 3.12. The number of likely N-dealkylation sites (tertiary alicyclic amines) is 2. The Balaban J connectivity index is 1.32. The van der Waals surface area contributed by atoms with E-state index in [1.54, 1.807) is 18.2 Å². The smallest absolute Gasteiger partial charge is 0.320 e. The zero-order valence-electron chi connectivity index (χ0n) is 17.6. The zero-order chi connectivity index (χ0) is 21.6. The van der Waals surface area contributed by atoms with E-state index in [1.165, 1.54) is 12.1 Å². The number of carbonyl (C=O) groups is 2. The van der Waals surface area contributed by atoms with Gasteiger partial charge in [-0.3, -0.25) is 4.79 Å². The van der Waals surface area contributed by atoms with Crippen molar-refractivity contribution in [3.05, 3.63) is 59.9 Å². The standard InChI is InChI=1S/C24H28FN3O3/c25-20-10-8-18(9-11-20)17-31-22-7-3-6-21(15-22)26-23(29)19-5-4-14-28(16-19)24(30)27-12-1-2-13-27/h3,6-11,15,19H,1-2,4-5,12-14,16-17H2,(H,26,29). The molecule has 3 amide bonds. The average molecular weight is 426 g/mol. The lowest BCUT2D eigenvalue weighted by Crippen LogP contribution is -2.48. The number of nitrogens with zero attached hydrogens (tertiary/aromatic N) is 2. The number of ether oxygens (including phenoxy) is 1. The molecule has 7 heteroatoms. The molecule has 2 fully saturated rings. The topological polar surface area (TPSA) is 61.9 Å². The number of nitrogens with one attached hydrogen (secondary N) is 1. The Labute approximate surface area is 182 Å². The van der Waals surface area contributed by atoms with Crippen LogP contribution in [0.3, 0.4) is 0 Å². The van der Waals surface area contributed by atoms with E-state index in [2.05, 4.69) is 5.32 Å². The summed E-state index contributed by atoms with van der Waals surface area (Å²) < 4.78 is 18.8. The largest absolute Gasteiger partial charge is 0.489 e. The third kappa shape index (κ3) is 5.54.